The average molecular weight is 409 g/mol. The molecule has 0 fully saturated rings. The van der Waals surface area contributed by atoms with E-state index in [0.717, 1.165) is 16.7 Å². The number of esters is 1. The molecule has 1 heterocycles. The number of carbonyl (C=O) groups excluding carboxylic acids is 2. The van der Waals surface area contributed by atoms with Crippen LogP contribution in [0.2, 0.25) is 0 Å². The zero-order valence-electron chi connectivity index (χ0n) is 17.3. The number of ketones is 1. The summed E-state index contributed by atoms with van der Waals surface area (Å²) in [5.41, 5.74) is 1.37. The highest BCUT2D eigenvalue weighted by molar-refractivity contribution is 6.08. The van der Waals surface area contributed by atoms with Gasteiger partial charge in [0, 0.05) is 17.9 Å². The van der Waals surface area contributed by atoms with Gasteiger partial charge in [0.15, 0.2) is 11.3 Å². The van der Waals surface area contributed by atoms with Gasteiger partial charge < -0.3 is 4.74 Å². The summed E-state index contributed by atoms with van der Waals surface area (Å²) >= 11 is 0. The molecule has 2 atom stereocenters. The van der Waals surface area contributed by atoms with Crippen molar-refractivity contribution < 1.29 is 14.3 Å². The summed E-state index contributed by atoms with van der Waals surface area (Å²) in [5.74, 6) is -0.674. The van der Waals surface area contributed by atoms with Crippen molar-refractivity contribution in [3.63, 3.8) is 0 Å². The molecule has 154 valence electrons. The smallest absolute Gasteiger partial charge is 0.341 e. The van der Waals surface area contributed by atoms with E-state index in [2.05, 4.69) is 4.99 Å². The molecular formula is C27H23NO3. The molecule has 1 aliphatic heterocycles. The molecule has 4 rings (SSSR count). The molecule has 1 aliphatic rings. The van der Waals surface area contributed by atoms with Crippen molar-refractivity contribution >= 4 is 23.7 Å². The molecule has 4 heteroatoms. The third-order valence-electron chi connectivity index (χ3n) is 5.50. The second-order valence-corrected chi connectivity index (χ2v) is 7.70. The lowest BCUT2D eigenvalue weighted by Crippen LogP contribution is -2.38. The van der Waals surface area contributed by atoms with Crippen LogP contribution in [-0.4, -0.2) is 23.2 Å². The molecule has 0 amide bonds. The predicted octanol–water partition coefficient (Wildman–Crippen LogP) is 5.21. The maximum atomic E-state index is 13.0. The van der Waals surface area contributed by atoms with E-state index in [1.54, 1.807) is 19.1 Å². The average Bonchev–Trinajstić information content (AvgIpc) is 3.13. The normalized spacial score (nSPS) is 19.1. The number of nitrogens with zero attached hydrogens (tertiary/aromatic N) is 1. The number of ether oxygens (including phenoxy) is 1. The van der Waals surface area contributed by atoms with E-state index in [1.165, 1.54) is 0 Å². The van der Waals surface area contributed by atoms with Crippen molar-refractivity contribution in [2.45, 2.75) is 24.8 Å². The Labute approximate surface area is 181 Å². The summed E-state index contributed by atoms with van der Waals surface area (Å²) < 4.78 is 5.56. The third kappa shape index (κ3) is 4.53. The third-order valence-corrected chi connectivity index (χ3v) is 5.50. The van der Waals surface area contributed by atoms with Crippen LogP contribution in [0.25, 0.3) is 6.08 Å². The van der Waals surface area contributed by atoms with Crippen LogP contribution in [0.4, 0.5) is 0 Å². The zero-order chi connectivity index (χ0) is 21.7. The fourth-order valence-electron chi connectivity index (χ4n) is 3.74. The largest absolute Gasteiger partial charge is 0.405 e. The van der Waals surface area contributed by atoms with Crippen LogP contribution in [0, 0.1) is 0 Å². The van der Waals surface area contributed by atoms with Gasteiger partial charge in [-0.15, -0.1) is 0 Å². The van der Waals surface area contributed by atoms with Crippen molar-refractivity contribution in [2.24, 2.45) is 4.99 Å². The van der Waals surface area contributed by atoms with Crippen LogP contribution in [0.5, 0.6) is 0 Å². The van der Waals surface area contributed by atoms with Crippen LogP contribution in [-0.2, 0) is 14.3 Å². The first-order chi connectivity index (χ1) is 15.1. The highest BCUT2D eigenvalue weighted by Crippen LogP contribution is 2.39. The molecule has 0 saturated heterocycles. The Kier molecular flexibility index (Phi) is 5.89. The lowest BCUT2D eigenvalue weighted by atomic mass is 9.78. The molecule has 0 N–H and O–H groups in total. The summed E-state index contributed by atoms with van der Waals surface area (Å²) in [5, 5.41) is 0. The number of allylic oxidation sites excluding steroid dienone is 1. The zero-order valence-corrected chi connectivity index (χ0v) is 17.3. The Balaban J connectivity index is 1.65. The molecule has 0 bridgehead atoms. The summed E-state index contributed by atoms with van der Waals surface area (Å²) in [6, 6.07) is 28.5. The van der Waals surface area contributed by atoms with Gasteiger partial charge >= 0.3 is 5.97 Å². The highest BCUT2D eigenvalue weighted by Gasteiger charge is 2.49. The van der Waals surface area contributed by atoms with E-state index in [9.17, 15) is 9.59 Å². The molecule has 0 aromatic heterocycles. The monoisotopic (exact) mass is 409 g/mol. The first-order valence-electron chi connectivity index (χ1n) is 10.2. The molecule has 31 heavy (non-hydrogen) atoms. The molecule has 0 unspecified atom stereocenters. The van der Waals surface area contributed by atoms with Gasteiger partial charge in [-0.25, -0.2) is 9.79 Å². The Morgan fingerprint density at radius 1 is 0.935 bits per heavy atom. The van der Waals surface area contributed by atoms with Crippen LogP contribution in [0.15, 0.2) is 102 Å². The van der Waals surface area contributed by atoms with Crippen LogP contribution in [0.3, 0.4) is 0 Å². The van der Waals surface area contributed by atoms with Crippen molar-refractivity contribution in [1.29, 1.82) is 0 Å². The summed E-state index contributed by atoms with van der Waals surface area (Å²) in [7, 11) is 0. The molecule has 3 aromatic rings. The van der Waals surface area contributed by atoms with Crippen molar-refractivity contribution in [1.82, 2.24) is 0 Å². The second-order valence-electron chi connectivity index (χ2n) is 7.70. The quantitative estimate of drug-likeness (QED) is 0.398. The van der Waals surface area contributed by atoms with Gasteiger partial charge in [0.2, 0.25) is 5.90 Å². The molecule has 0 radical (unpaired) electrons. The minimum Gasteiger partial charge on any atom is -0.405 e. The summed E-state index contributed by atoms with van der Waals surface area (Å²) in [4.78, 5) is 30.5. The van der Waals surface area contributed by atoms with Gasteiger partial charge in [0.25, 0.3) is 0 Å². The summed E-state index contributed by atoms with van der Waals surface area (Å²) in [6.45, 7) is 1.75. The second kappa shape index (κ2) is 8.92. The number of benzene rings is 3. The lowest BCUT2D eigenvalue weighted by Gasteiger charge is -2.27. The summed E-state index contributed by atoms with van der Waals surface area (Å²) in [6.07, 6.45) is 3.50. The van der Waals surface area contributed by atoms with Gasteiger partial charge in [0.1, 0.15) is 0 Å². The molecular weight excluding hydrogens is 386 g/mol. The molecule has 0 spiro atoms. The number of hydrogen-bond donors (Lipinski definition) is 0. The minimum atomic E-state index is -1.19. The van der Waals surface area contributed by atoms with Gasteiger partial charge in [-0.2, -0.15) is 0 Å². The Morgan fingerprint density at radius 3 is 2.16 bits per heavy atom. The van der Waals surface area contributed by atoms with Gasteiger partial charge in [0.05, 0.1) is 0 Å². The van der Waals surface area contributed by atoms with Crippen LogP contribution < -0.4 is 0 Å². The van der Waals surface area contributed by atoms with Crippen LogP contribution in [0.1, 0.15) is 36.0 Å². The number of aliphatic imine (C=N–C) groups is 1. The lowest BCUT2D eigenvalue weighted by molar-refractivity contribution is -0.139. The van der Waals surface area contributed by atoms with E-state index < -0.39 is 17.4 Å². The van der Waals surface area contributed by atoms with E-state index in [4.69, 9.17) is 4.74 Å². The first kappa shape index (κ1) is 20.5. The number of rotatable bonds is 7. The van der Waals surface area contributed by atoms with Gasteiger partial charge in [-0.05, 0) is 36.3 Å². The van der Waals surface area contributed by atoms with Crippen molar-refractivity contribution in [3.8, 4) is 0 Å². The van der Waals surface area contributed by atoms with Gasteiger partial charge in [-0.3, -0.25) is 4.79 Å². The van der Waals surface area contributed by atoms with Crippen molar-refractivity contribution in [2.75, 3.05) is 0 Å². The fourth-order valence-corrected chi connectivity index (χ4v) is 3.74. The molecule has 4 nitrogen and oxygen atoms in total. The molecule has 0 aliphatic carbocycles. The SMILES string of the molecule is C[C@@]1([C@@H](CC(=O)/C=C/c2ccccc2)c2ccccc2)N=C(c2ccccc2)OC1=O. The molecule has 0 saturated carbocycles. The van der Waals surface area contributed by atoms with Crippen LogP contribution >= 0.6 is 0 Å². The first-order valence-corrected chi connectivity index (χ1v) is 10.2. The highest BCUT2D eigenvalue weighted by atomic mass is 16.6. The van der Waals surface area contributed by atoms with E-state index in [1.807, 2.05) is 91.0 Å². The van der Waals surface area contributed by atoms with Crippen molar-refractivity contribution in [3.05, 3.63) is 114 Å². The number of carbonyl (C=O) groups is 2. The minimum absolute atomic E-state index is 0.0740. The van der Waals surface area contributed by atoms with E-state index in [-0.39, 0.29) is 12.2 Å². The standard InChI is InChI=1S/C27H23NO3/c1-27(26(30)31-25(28-27)22-15-9-4-10-16-22)24(21-13-7-3-8-14-21)19-23(29)18-17-20-11-5-2-6-12-20/h2-18,24H,19H2,1H3/b18-17+/t24-,27-/m0/s1. The maximum Gasteiger partial charge on any atom is 0.341 e. The predicted molar refractivity (Wildman–Crippen MR) is 122 cm³/mol. The number of hydrogen-bond acceptors (Lipinski definition) is 4. The molecule has 3 aromatic carbocycles. The Hall–Kier alpha value is -3.79. The maximum absolute atomic E-state index is 13.0. The topological polar surface area (TPSA) is 55.7 Å². The Morgan fingerprint density at radius 2 is 1.52 bits per heavy atom. The van der Waals surface area contributed by atoms with E-state index in [0.29, 0.717) is 5.90 Å². The number of cyclic esters (lactones) is 1. The van der Waals surface area contributed by atoms with E-state index >= 15 is 0 Å². The Bertz CT molecular complexity index is 1120. The fraction of sp³-hybridized carbons (Fsp3) is 0.148. The van der Waals surface area contributed by atoms with Gasteiger partial charge in [-0.1, -0.05) is 84.9 Å².